The fourth-order valence-corrected chi connectivity index (χ4v) is 0.956. The lowest BCUT2D eigenvalue weighted by Gasteiger charge is -2.11. The average molecular weight is 188 g/mol. The molecule has 0 rings (SSSR count). The van der Waals surface area contributed by atoms with Crippen molar-refractivity contribution in [3.8, 4) is 0 Å². The highest BCUT2D eigenvalue weighted by Crippen LogP contribution is 2.06. The van der Waals surface area contributed by atoms with Crippen LogP contribution in [0.25, 0.3) is 0 Å². The van der Waals surface area contributed by atoms with Crippen molar-refractivity contribution in [1.29, 1.82) is 0 Å². The predicted molar refractivity (Wildman–Crippen MR) is 51.3 cm³/mol. The standard InChI is InChI=1S/C10H20O3/c1-4-5-6-13-10(12)9(11)7-8(2)3/h8-9,11H,4-7H2,1-3H3. The molecule has 1 unspecified atom stereocenters. The molecule has 0 aliphatic rings. The van der Waals surface area contributed by atoms with Crippen LogP contribution in [0.2, 0.25) is 0 Å². The number of ether oxygens (including phenoxy) is 1. The van der Waals surface area contributed by atoms with Gasteiger partial charge in [0.15, 0.2) is 6.10 Å². The maximum absolute atomic E-state index is 11.1. The third kappa shape index (κ3) is 6.58. The summed E-state index contributed by atoms with van der Waals surface area (Å²) in [6.07, 6.45) is 1.38. The van der Waals surface area contributed by atoms with Gasteiger partial charge in [0.05, 0.1) is 6.61 Å². The van der Waals surface area contributed by atoms with E-state index in [1.165, 1.54) is 0 Å². The SMILES string of the molecule is CCCCOC(=O)C(O)CC(C)C. The summed E-state index contributed by atoms with van der Waals surface area (Å²) in [5, 5.41) is 9.31. The lowest BCUT2D eigenvalue weighted by atomic mass is 10.1. The number of carbonyl (C=O) groups is 1. The largest absolute Gasteiger partial charge is 0.464 e. The van der Waals surface area contributed by atoms with Gasteiger partial charge < -0.3 is 9.84 Å². The lowest BCUT2D eigenvalue weighted by Crippen LogP contribution is -2.24. The Morgan fingerprint density at radius 1 is 1.46 bits per heavy atom. The molecule has 0 saturated carbocycles. The molecule has 0 radical (unpaired) electrons. The van der Waals surface area contributed by atoms with Gasteiger partial charge in [-0.05, 0) is 18.8 Å². The van der Waals surface area contributed by atoms with E-state index in [0.29, 0.717) is 18.9 Å². The van der Waals surface area contributed by atoms with Crippen LogP contribution in [0.15, 0.2) is 0 Å². The first kappa shape index (κ1) is 12.4. The number of aliphatic hydroxyl groups excluding tert-OH is 1. The molecule has 0 amide bonds. The van der Waals surface area contributed by atoms with Crippen molar-refractivity contribution < 1.29 is 14.6 Å². The maximum atomic E-state index is 11.1. The molecule has 1 atom stereocenters. The Kier molecular flexibility index (Phi) is 6.59. The Hall–Kier alpha value is -0.570. The molecule has 3 heteroatoms. The second-order valence-electron chi connectivity index (χ2n) is 3.67. The summed E-state index contributed by atoms with van der Waals surface area (Å²) in [6.45, 7) is 6.37. The molecule has 0 fully saturated rings. The van der Waals surface area contributed by atoms with E-state index in [0.717, 1.165) is 12.8 Å². The van der Waals surface area contributed by atoms with Crippen molar-refractivity contribution in [3.05, 3.63) is 0 Å². The topological polar surface area (TPSA) is 46.5 Å². The van der Waals surface area contributed by atoms with Gasteiger partial charge in [-0.2, -0.15) is 0 Å². The van der Waals surface area contributed by atoms with Crippen LogP contribution in [0.4, 0.5) is 0 Å². The molecule has 0 heterocycles. The van der Waals surface area contributed by atoms with Crippen LogP contribution in [0.5, 0.6) is 0 Å². The minimum atomic E-state index is -0.947. The smallest absolute Gasteiger partial charge is 0.334 e. The number of hydrogen-bond acceptors (Lipinski definition) is 3. The Morgan fingerprint density at radius 2 is 2.08 bits per heavy atom. The minimum Gasteiger partial charge on any atom is -0.464 e. The van der Waals surface area contributed by atoms with Crippen molar-refractivity contribution in [2.24, 2.45) is 5.92 Å². The van der Waals surface area contributed by atoms with Gasteiger partial charge in [-0.1, -0.05) is 27.2 Å². The predicted octanol–water partition coefficient (Wildman–Crippen LogP) is 1.74. The van der Waals surface area contributed by atoms with Crippen molar-refractivity contribution in [1.82, 2.24) is 0 Å². The Morgan fingerprint density at radius 3 is 2.54 bits per heavy atom. The first-order chi connectivity index (χ1) is 6.07. The number of hydrogen-bond donors (Lipinski definition) is 1. The van der Waals surface area contributed by atoms with Crippen molar-refractivity contribution in [2.45, 2.75) is 46.1 Å². The molecule has 13 heavy (non-hydrogen) atoms. The molecule has 0 saturated heterocycles. The van der Waals surface area contributed by atoms with Crippen LogP contribution in [0.3, 0.4) is 0 Å². The van der Waals surface area contributed by atoms with Gasteiger partial charge >= 0.3 is 5.97 Å². The summed E-state index contributed by atoms with van der Waals surface area (Å²) in [5.74, 6) is -0.170. The van der Waals surface area contributed by atoms with E-state index < -0.39 is 12.1 Å². The molecule has 0 spiro atoms. The van der Waals surface area contributed by atoms with E-state index in [-0.39, 0.29) is 0 Å². The van der Waals surface area contributed by atoms with E-state index in [1.807, 2.05) is 20.8 Å². The fourth-order valence-electron chi connectivity index (χ4n) is 0.956. The van der Waals surface area contributed by atoms with E-state index in [9.17, 15) is 9.90 Å². The van der Waals surface area contributed by atoms with Gasteiger partial charge in [-0.15, -0.1) is 0 Å². The third-order valence-electron chi connectivity index (χ3n) is 1.71. The van der Waals surface area contributed by atoms with Crippen LogP contribution in [-0.4, -0.2) is 23.8 Å². The quantitative estimate of drug-likeness (QED) is 0.510. The minimum absolute atomic E-state index is 0.314. The zero-order chi connectivity index (χ0) is 10.3. The molecule has 0 aliphatic heterocycles. The number of rotatable bonds is 6. The molecule has 1 N–H and O–H groups in total. The molecule has 0 bridgehead atoms. The average Bonchev–Trinajstić information content (AvgIpc) is 2.03. The van der Waals surface area contributed by atoms with Crippen LogP contribution in [-0.2, 0) is 9.53 Å². The monoisotopic (exact) mass is 188 g/mol. The highest BCUT2D eigenvalue weighted by atomic mass is 16.5. The third-order valence-corrected chi connectivity index (χ3v) is 1.71. The van der Waals surface area contributed by atoms with Gasteiger partial charge in [0.2, 0.25) is 0 Å². The highest BCUT2D eigenvalue weighted by Gasteiger charge is 2.17. The molecule has 3 nitrogen and oxygen atoms in total. The van der Waals surface area contributed by atoms with Gasteiger partial charge in [-0.3, -0.25) is 0 Å². The van der Waals surface area contributed by atoms with Gasteiger partial charge in [0, 0.05) is 0 Å². The van der Waals surface area contributed by atoms with Crippen LogP contribution in [0.1, 0.15) is 40.0 Å². The molecular formula is C10H20O3. The van der Waals surface area contributed by atoms with Crippen LogP contribution in [0, 0.1) is 5.92 Å². The molecular weight excluding hydrogens is 168 g/mol. The molecule has 0 aromatic carbocycles. The van der Waals surface area contributed by atoms with Crippen LogP contribution < -0.4 is 0 Å². The van der Waals surface area contributed by atoms with E-state index in [1.54, 1.807) is 0 Å². The van der Waals surface area contributed by atoms with Gasteiger partial charge in [0.25, 0.3) is 0 Å². The van der Waals surface area contributed by atoms with Crippen molar-refractivity contribution in [2.75, 3.05) is 6.61 Å². The normalized spacial score (nSPS) is 13.0. The first-order valence-electron chi connectivity index (χ1n) is 4.92. The number of esters is 1. The van der Waals surface area contributed by atoms with E-state index in [2.05, 4.69) is 0 Å². The summed E-state index contributed by atoms with van der Waals surface area (Å²) in [6, 6.07) is 0. The fraction of sp³-hybridized carbons (Fsp3) is 0.900. The van der Waals surface area contributed by atoms with Crippen molar-refractivity contribution in [3.63, 3.8) is 0 Å². The Balaban J connectivity index is 3.57. The zero-order valence-electron chi connectivity index (χ0n) is 8.75. The summed E-state index contributed by atoms with van der Waals surface area (Å²) < 4.78 is 4.86. The van der Waals surface area contributed by atoms with E-state index >= 15 is 0 Å². The zero-order valence-corrected chi connectivity index (χ0v) is 8.75. The van der Waals surface area contributed by atoms with Crippen molar-refractivity contribution >= 4 is 5.97 Å². The lowest BCUT2D eigenvalue weighted by molar-refractivity contribution is -0.154. The molecule has 78 valence electrons. The summed E-state index contributed by atoms with van der Waals surface area (Å²) in [5.41, 5.74) is 0. The Labute approximate surface area is 80.1 Å². The second-order valence-corrected chi connectivity index (χ2v) is 3.67. The second kappa shape index (κ2) is 6.89. The summed E-state index contributed by atoms with van der Waals surface area (Å²) in [7, 11) is 0. The highest BCUT2D eigenvalue weighted by molar-refractivity contribution is 5.74. The van der Waals surface area contributed by atoms with Gasteiger partial charge in [-0.25, -0.2) is 4.79 Å². The summed E-state index contributed by atoms with van der Waals surface area (Å²) >= 11 is 0. The number of carbonyl (C=O) groups excluding carboxylic acids is 1. The molecule has 0 aliphatic carbocycles. The molecule has 0 aromatic rings. The van der Waals surface area contributed by atoms with E-state index in [4.69, 9.17) is 4.74 Å². The van der Waals surface area contributed by atoms with Gasteiger partial charge in [0.1, 0.15) is 0 Å². The maximum Gasteiger partial charge on any atom is 0.334 e. The van der Waals surface area contributed by atoms with Crippen LogP contribution >= 0.6 is 0 Å². The Bertz CT molecular complexity index is 143. The molecule has 0 aromatic heterocycles. The number of unbranched alkanes of at least 4 members (excludes halogenated alkanes) is 1. The number of aliphatic hydroxyl groups is 1. The summed E-state index contributed by atoms with van der Waals surface area (Å²) in [4.78, 5) is 11.1. The first-order valence-corrected chi connectivity index (χ1v) is 4.92.